The van der Waals surface area contributed by atoms with Gasteiger partial charge in [-0.25, -0.2) is 4.68 Å². The third kappa shape index (κ3) is 4.37. The van der Waals surface area contributed by atoms with E-state index in [2.05, 4.69) is 22.7 Å². The van der Waals surface area contributed by atoms with Crippen molar-refractivity contribution in [2.24, 2.45) is 5.73 Å². The van der Waals surface area contributed by atoms with Crippen LogP contribution in [-0.2, 0) is 4.79 Å². The van der Waals surface area contributed by atoms with Crippen LogP contribution in [0.25, 0.3) is 0 Å². The van der Waals surface area contributed by atoms with E-state index in [-0.39, 0.29) is 11.9 Å². The third-order valence-electron chi connectivity index (χ3n) is 4.21. The number of benzene rings is 1. The molecule has 0 spiro atoms. The standard InChI is InChI=1S/C18H25N5O2/c1-5-12(3)23-16(8-9-20-23)22-18(25)13(4)21-14-7-6-11(2)15(10-14)17(19)24/h6-10,12-13,21H,5H2,1-4H3,(H2,19,24)(H,22,25)/t12-,13-/m1/s1. The van der Waals surface area contributed by atoms with Gasteiger partial charge in [-0.15, -0.1) is 0 Å². The summed E-state index contributed by atoms with van der Waals surface area (Å²) in [4.78, 5) is 23.9. The molecule has 25 heavy (non-hydrogen) atoms. The predicted molar refractivity (Wildman–Crippen MR) is 98.6 cm³/mol. The van der Waals surface area contributed by atoms with E-state index in [1.807, 2.05) is 19.9 Å². The number of anilines is 2. The first kappa shape index (κ1) is 18.5. The molecule has 2 atom stereocenters. The molecule has 0 aliphatic rings. The van der Waals surface area contributed by atoms with Gasteiger partial charge in [0.05, 0.1) is 12.2 Å². The average molecular weight is 343 g/mol. The second-order valence-electron chi connectivity index (χ2n) is 6.17. The van der Waals surface area contributed by atoms with Gasteiger partial charge in [0.1, 0.15) is 11.9 Å². The lowest BCUT2D eigenvalue weighted by molar-refractivity contribution is -0.116. The molecule has 1 heterocycles. The monoisotopic (exact) mass is 343 g/mol. The summed E-state index contributed by atoms with van der Waals surface area (Å²) in [5, 5.41) is 10.2. The molecule has 1 aromatic carbocycles. The Labute approximate surface area is 147 Å². The normalized spacial score (nSPS) is 13.1. The van der Waals surface area contributed by atoms with Crippen molar-refractivity contribution in [2.75, 3.05) is 10.6 Å². The largest absolute Gasteiger partial charge is 0.374 e. The first-order chi connectivity index (χ1) is 11.8. The number of carbonyl (C=O) groups excluding carboxylic acids is 2. The van der Waals surface area contributed by atoms with Gasteiger partial charge in [-0.05, 0) is 44.9 Å². The highest BCUT2D eigenvalue weighted by molar-refractivity contribution is 5.97. The number of aromatic nitrogens is 2. The Balaban J connectivity index is 2.07. The fraction of sp³-hybridized carbons (Fsp3) is 0.389. The summed E-state index contributed by atoms with van der Waals surface area (Å²) in [6, 6.07) is 6.74. The Bertz CT molecular complexity index is 769. The molecule has 0 bridgehead atoms. The smallest absolute Gasteiger partial charge is 0.249 e. The van der Waals surface area contributed by atoms with E-state index in [1.165, 1.54) is 0 Å². The van der Waals surface area contributed by atoms with Crippen molar-refractivity contribution < 1.29 is 9.59 Å². The molecule has 7 heteroatoms. The molecule has 0 aliphatic heterocycles. The molecule has 0 aliphatic carbocycles. The fourth-order valence-electron chi connectivity index (χ4n) is 2.46. The van der Waals surface area contributed by atoms with Crippen LogP contribution >= 0.6 is 0 Å². The highest BCUT2D eigenvalue weighted by Crippen LogP contribution is 2.18. The molecule has 2 aromatic rings. The second-order valence-corrected chi connectivity index (χ2v) is 6.17. The number of hydrogen-bond acceptors (Lipinski definition) is 4. The summed E-state index contributed by atoms with van der Waals surface area (Å²) in [7, 11) is 0. The molecule has 0 fully saturated rings. The summed E-state index contributed by atoms with van der Waals surface area (Å²) in [6.45, 7) is 7.68. The highest BCUT2D eigenvalue weighted by Gasteiger charge is 2.17. The molecule has 0 unspecified atom stereocenters. The van der Waals surface area contributed by atoms with Crippen LogP contribution < -0.4 is 16.4 Å². The van der Waals surface area contributed by atoms with Gasteiger partial charge in [-0.1, -0.05) is 13.0 Å². The number of nitrogens with one attached hydrogen (secondary N) is 2. The van der Waals surface area contributed by atoms with Gasteiger partial charge in [0.15, 0.2) is 0 Å². The lowest BCUT2D eigenvalue weighted by Crippen LogP contribution is -2.33. The molecule has 134 valence electrons. The van der Waals surface area contributed by atoms with E-state index in [1.54, 1.807) is 36.0 Å². The Kier molecular flexibility index (Phi) is 5.80. The fourth-order valence-corrected chi connectivity index (χ4v) is 2.46. The van der Waals surface area contributed by atoms with Crippen molar-refractivity contribution in [3.05, 3.63) is 41.6 Å². The molecular formula is C18H25N5O2. The van der Waals surface area contributed by atoms with Gasteiger partial charge in [-0.2, -0.15) is 5.10 Å². The molecule has 7 nitrogen and oxygen atoms in total. The quantitative estimate of drug-likeness (QED) is 0.719. The number of carbonyl (C=O) groups is 2. The molecule has 2 amide bonds. The molecule has 4 N–H and O–H groups in total. The SMILES string of the molecule is CC[C@@H](C)n1nccc1NC(=O)[C@@H](C)Nc1ccc(C)c(C(N)=O)c1. The second kappa shape index (κ2) is 7.83. The van der Waals surface area contributed by atoms with Crippen LogP contribution in [-0.4, -0.2) is 27.6 Å². The molecular weight excluding hydrogens is 318 g/mol. The predicted octanol–water partition coefficient (Wildman–Crippen LogP) is 2.70. The lowest BCUT2D eigenvalue weighted by atomic mass is 10.1. The number of nitrogens with zero attached hydrogens (tertiary/aromatic N) is 2. The van der Waals surface area contributed by atoms with E-state index in [9.17, 15) is 9.59 Å². The van der Waals surface area contributed by atoms with E-state index in [0.29, 0.717) is 17.1 Å². The number of primary amides is 1. The average Bonchev–Trinajstić information content (AvgIpc) is 3.03. The van der Waals surface area contributed by atoms with Crippen LogP contribution in [0.2, 0.25) is 0 Å². The maximum atomic E-state index is 12.5. The molecule has 0 saturated heterocycles. The zero-order chi connectivity index (χ0) is 18.6. The van der Waals surface area contributed by atoms with E-state index in [4.69, 9.17) is 5.73 Å². The van der Waals surface area contributed by atoms with Gasteiger partial charge in [0.25, 0.3) is 0 Å². The van der Waals surface area contributed by atoms with Crippen LogP contribution in [0.1, 0.15) is 49.2 Å². The molecule has 2 rings (SSSR count). The van der Waals surface area contributed by atoms with Crippen LogP contribution in [0, 0.1) is 6.92 Å². The number of aryl methyl sites for hydroxylation is 1. The van der Waals surface area contributed by atoms with Gasteiger partial charge >= 0.3 is 0 Å². The minimum atomic E-state index is -0.497. The van der Waals surface area contributed by atoms with Crippen LogP contribution in [0.5, 0.6) is 0 Å². The summed E-state index contributed by atoms with van der Waals surface area (Å²) in [5.74, 6) is -0.0170. The van der Waals surface area contributed by atoms with Crippen molar-refractivity contribution in [2.45, 2.75) is 46.2 Å². The number of rotatable bonds is 7. The van der Waals surface area contributed by atoms with E-state index < -0.39 is 11.9 Å². The van der Waals surface area contributed by atoms with Crippen molar-refractivity contribution in [3.8, 4) is 0 Å². The van der Waals surface area contributed by atoms with Crippen molar-refractivity contribution >= 4 is 23.3 Å². The van der Waals surface area contributed by atoms with Gasteiger partial charge in [0.2, 0.25) is 11.8 Å². The number of nitrogens with two attached hydrogens (primary N) is 1. The van der Waals surface area contributed by atoms with Gasteiger partial charge < -0.3 is 16.4 Å². The molecule has 0 saturated carbocycles. The Hall–Kier alpha value is -2.83. The molecule has 1 aromatic heterocycles. The van der Waals surface area contributed by atoms with Crippen molar-refractivity contribution in [3.63, 3.8) is 0 Å². The maximum absolute atomic E-state index is 12.5. The summed E-state index contributed by atoms with van der Waals surface area (Å²) < 4.78 is 1.79. The zero-order valence-electron chi connectivity index (χ0n) is 15.0. The van der Waals surface area contributed by atoms with E-state index >= 15 is 0 Å². The van der Waals surface area contributed by atoms with E-state index in [0.717, 1.165) is 12.0 Å². The third-order valence-corrected chi connectivity index (χ3v) is 4.21. The minimum Gasteiger partial charge on any atom is -0.374 e. The Morgan fingerprint density at radius 2 is 2.00 bits per heavy atom. The van der Waals surface area contributed by atoms with Gasteiger partial charge in [0, 0.05) is 17.3 Å². The van der Waals surface area contributed by atoms with Crippen molar-refractivity contribution in [1.82, 2.24) is 9.78 Å². The number of hydrogen-bond donors (Lipinski definition) is 3. The van der Waals surface area contributed by atoms with Crippen molar-refractivity contribution in [1.29, 1.82) is 0 Å². The maximum Gasteiger partial charge on any atom is 0.249 e. The van der Waals surface area contributed by atoms with Crippen LogP contribution in [0.4, 0.5) is 11.5 Å². The minimum absolute atomic E-state index is 0.189. The summed E-state index contributed by atoms with van der Waals surface area (Å²) >= 11 is 0. The summed E-state index contributed by atoms with van der Waals surface area (Å²) in [6.07, 6.45) is 2.58. The lowest BCUT2D eigenvalue weighted by Gasteiger charge is -2.18. The van der Waals surface area contributed by atoms with Gasteiger partial charge in [-0.3, -0.25) is 9.59 Å². The summed E-state index contributed by atoms with van der Waals surface area (Å²) in [5.41, 5.74) is 7.27. The number of amides is 2. The topological polar surface area (TPSA) is 102 Å². The Morgan fingerprint density at radius 1 is 1.28 bits per heavy atom. The van der Waals surface area contributed by atoms with Crippen LogP contribution in [0.15, 0.2) is 30.5 Å². The Morgan fingerprint density at radius 3 is 2.64 bits per heavy atom. The highest BCUT2D eigenvalue weighted by atomic mass is 16.2. The zero-order valence-corrected chi connectivity index (χ0v) is 15.0. The first-order valence-corrected chi connectivity index (χ1v) is 8.34. The molecule has 0 radical (unpaired) electrons. The first-order valence-electron chi connectivity index (χ1n) is 8.34. The van der Waals surface area contributed by atoms with Crippen LogP contribution in [0.3, 0.4) is 0 Å².